The van der Waals surface area contributed by atoms with Crippen molar-refractivity contribution in [2.24, 2.45) is 5.16 Å². The van der Waals surface area contributed by atoms with Gasteiger partial charge in [0, 0.05) is 6.07 Å². The van der Waals surface area contributed by atoms with Gasteiger partial charge in [-0.05, 0) is 19.9 Å². The number of nitrogens with zero attached hydrogens (tertiary/aromatic N) is 3. The molecule has 1 N–H and O–H groups in total. The fourth-order valence-electron chi connectivity index (χ4n) is 1.29. The van der Waals surface area contributed by atoms with Crippen LogP contribution in [0.2, 0.25) is 0 Å². The molecular formula is C12H12ClN3O3S. The van der Waals surface area contributed by atoms with Gasteiger partial charge in [0.2, 0.25) is 5.88 Å². The number of halogens is 1. The molecule has 8 heteroatoms. The van der Waals surface area contributed by atoms with Crippen molar-refractivity contribution in [3.63, 3.8) is 0 Å². The van der Waals surface area contributed by atoms with Crippen LogP contribution in [0.4, 0.5) is 0 Å². The smallest absolute Gasteiger partial charge is 0.279 e. The molecule has 0 aliphatic rings. The summed E-state index contributed by atoms with van der Waals surface area (Å²) in [5.41, 5.74) is 0. The number of oxime groups is 1. The molecule has 0 aliphatic heterocycles. The van der Waals surface area contributed by atoms with Crippen LogP contribution in [-0.4, -0.2) is 26.5 Å². The molecule has 0 atom stereocenters. The van der Waals surface area contributed by atoms with Crippen molar-refractivity contribution in [3.8, 4) is 16.8 Å². The lowest BCUT2D eigenvalue weighted by molar-refractivity contribution is 0.232. The van der Waals surface area contributed by atoms with Gasteiger partial charge < -0.3 is 14.7 Å². The van der Waals surface area contributed by atoms with E-state index in [4.69, 9.17) is 26.3 Å². The SMILES string of the molecule is CC(C)Oc1ccc(Oc2ncc(/C(Cl)=N/O)s2)cn1. The highest BCUT2D eigenvalue weighted by Gasteiger charge is 2.09. The van der Waals surface area contributed by atoms with Gasteiger partial charge in [-0.1, -0.05) is 28.1 Å². The molecular weight excluding hydrogens is 302 g/mol. The standard InChI is InChI=1S/C12H12ClN3O3S/c1-7(2)18-10-4-3-8(5-14-10)19-12-15-6-9(20-12)11(13)16-17/h3-7,17H,1-2H3/b16-11-. The topological polar surface area (TPSA) is 76.8 Å². The van der Waals surface area contributed by atoms with Crippen LogP contribution in [0.1, 0.15) is 18.7 Å². The molecule has 6 nitrogen and oxygen atoms in total. The largest absolute Gasteiger partial charge is 0.475 e. The van der Waals surface area contributed by atoms with Crippen molar-refractivity contribution in [3.05, 3.63) is 29.4 Å². The number of rotatable bonds is 5. The monoisotopic (exact) mass is 313 g/mol. The number of aromatic nitrogens is 2. The Labute approximate surface area is 124 Å². The van der Waals surface area contributed by atoms with Gasteiger partial charge >= 0.3 is 0 Å². The zero-order chi connectivity index (χ0) is 14.5. The second-order valence-electron chi connectivity index (χ2n) is 3.98. The average molecular weight is 314 g/mol. The van der Waals surface area contributed by atoms with Gasteiger partial charge in [-0.2, -0.15) is 0 Å². The second-order valence-corrected chi connectivity index (χ2v) is 5.33. The van der Waals surface area contributed by atoms with Crippen LogP contribution in [0, 0.1) is 0 Å². The molecule has 0 saturated heterocycles. The molecule has 0 fully saturated rings. The number of hydrogen-bond donors (Lipinski definition) is 1. The minimum atomic E-state index is -0.0313. The van der Waals surface area contributed by atoms with Gasteiger partial charge in [-0.25, -0.2) is 9.97 Å². The molecule has 2 aromatic heterocycles. The molecule has 0 unspecified atom stereocenters. The highest BCUT2D eigenvalue weighted by molar-refractivity contribution is 7.17. The highest BCUT2D eigenvalue weighted by atomic mass is 35.5. The fourth-order valence-corrected chi connectivity index (χ4v) is 2.12. The van der Waals surface area contributed by atoms with Crippen molar-refractivity contribution in [1.82, 2.24) is 9.97 Å². The minimum absolute atomic E-state index is 0.0313. The van der Waals surface area contributed by atoms with E-state index in [1.165, 1.54) is 6.20 Å². The van der Waals surface area contributed by atoms with Crippen LogP contribution >= 0.6 is 22.9 Å². The van der Waals surface area contributed by atoms with E-state index in [1.807, 2.05) is 13.8 Å². The molecule has 0 aromatic carbocycles. The van der Waals surface area contributed by atoms with Crippen molar-refractivity contribution in [2.75, 3.05) is 0 Å². The second kappa shape index (κ2) is 6.53. The third-order valence-electron chi connectivity index (χ3n) is 2.05. The third-order valence-corrected chi connectivity index (χ3v) is 3.32. The molecule has 106 valence electrons. The molecule has 2 rings (SSSR count). The zero-order valence-electron chi connectivity index (χ0n) is 10.8. The molecule has 0 aliphatic carbocycles. The molecule has 0 spiro atoms. The zero-order valence-corrected chi connectivity index (χ0v) is 12.4. The van der Waals surface area contributed by atoms with Gasteiger partial charge in [0.1, 0.15) is 5.75 Å². The van der Waals surface area contributed by atoms with Crippen LogP contribution < -0.4 is 9.47 Å². The van der Waals surface area contributed by atoms with E-state index in [-0.39, 0.29) is 11.3 Å². The van der Waals surface area contributed by atoms with Crippen LogP contribution in [0.5, 0.6) is 16.8 Å². The molecule has 2 heterocycles. The first kappa shape index (κ1) is 14.5. The Bertz CT molecular complexity index is 598. The van der Waals surface area contributed by atoms with E-state index < -0.39 is 0 Å². The number of ether oxygens (including phenoxy) is 2. The van der Waals surface area contributed by atoms with Crippen molar-refractivity contribution in [1.29, 1.82) is 0 Å². The van der Waals surface area contributed by atoms with E-state index in [0.29, 0.717) is 21.7 Å². The molecule has 20 heavy (non-hydrogen) atoms. The summed E-state index contributed by atoms with van der Waals surface area (Å²) in [4.78, 5) is 8.64. The molecule has 0 bridgehead atoms. The predicted molar refractivity (Wildman–Crippen MR) is 76.4 cm³/mol. The first-order valence-corrected chi connectivity index (χ1v) is 6.92. The Kier molecular flexibility index (Phi) is 4.75. The lowest BCUT2D eigenvalue weighted by atomic mass is 10.4. The predicted octanol–water partition coefficient (Wildman–Crippen LogP) is 3.49. The van der Waals surface area contributed by atoms with Crippen LogP contribution in [0.15, 0.2) is 29.7 Å². The van der Waals surface area contributed by atoms with Crippen molar-refractivity contribution in [2.45, 2.75) is 20.0 Å². The molecule has 0 saturated carbocycles. The first-order valence-electron chi connectivity index (χ1n) is 5.73. The maximum absolute atomic E-state index is 8.56. The van der Waals surface area contributed by atoms with Gasteiger partial charge in [-0.3, -0.25) is 0 Å². The third kappa shape index (κ3) is 3.82. The summed E-state index contributed by atoms with van der Waals surface area (Å²) in [5.74, 6) is 1.06. The van der Waals surface area contributed by atoms with Gasteiger partial charge in [0.15, 0.2) is 5.17 Å². The Balaban J connectivity index is 2.04. The average Bonchev–Trinajstić information content (AvgIpc) is 2.88. The van der Waals surface area contributed by atoms with E-state index in [1.54, 1.807) is 18.3 Å². The summed E-state index contributed by atoms with van der Waals surface area (Å²) < 4.78 is 10.9. The van der Waals surface area contributed by atoms with Crippen LogP contribution in [0.25, 0.3) is 0 Å². The fraction of sp³-hybridized carbons (Fsp3) is 0.250. The van der Waals surface area contributed by atoms with Crippen LogP contribution in [0.3, 0.4) is 0 Å². The van der Waals surface area contributed by atoms with Crippen molar-refractivity contribution >= 4 is 28.1 Å². The number of thiazole rings is 1. The van der Waals surface area contributed by atoms with Gasteiger partial charge in [0.25, 0.3) is 5.19 Å². The Morgan fingerprint density at radius 3 is 2.75 bits per heavy atom. The van der Waals surface area contributed by atoms with E-state index in [0.717, 1.165) is 11.3 Å². The number of pyridine rings is 1. The Morgan fingerprint density at radius 1 is 1.35 bits per heavy atom. The van der Waals surface area contributed by atoms with E-state index in [9.17, 15) is 0 Å². The van der Waals surface area contributed by atoms with E-state index in [2.05, 4.69) is 15.1 Å². The summed E-state index contributed by atoms with van der Waals surface area (Å²) in [6.07, 6.45) is 3.07. The summed E-state index contributed by atoms with van der Waals surface area (Å²) in [7, 11) is 0. The Morgan fingerprint density at radius 2 is 2.15 bits per heavy atom. The van der Waals surface area contributed by atoms with Gasteiger partial charge in [0.05, 0.1) is 23.4 Å². The summed E-state index contributed by atoms with van der Waals surface area (Å²) in [6.45, 7) is 3.85. The normalized spacial score (nSPS) is 11.7. The lowest BCUT2D eigenvalue weighted by Gasteiger charge is -2.08. The quantitative estimate of drug-likeness (QED) is 0.519. The van der Waals surface area contributed by atoms with Crippen LogP contribution in [-0.2, 0) is 0 Å². The van der Waals surface area contributed by atoms with Crippen molar-refractivity contribution < 1.29 is 14.7 Å². The maximum Gasteiger partial charge on any atom is 0.279 e. The maximum atomic E-state index is 8.56. The van der Waals surface area contributed by atoms with Gasteiger partial charge in [-0.15, -0.1) is 0 Å². The lowest BCUT2D eigenvalue weighted by Crippen LogP contribution is -2.06. The highest BCUT2D eigenvalue weighted by Crippen LogP contribution is 2.27. The Hall–Kier alpha value is -1.86. The summed E-state index contributed by atoms with van der Waals surface area (Å²) in [6, 6.07) is 3.44. The number of hydrogen-bond acceptors (Lipinski definition) is 7. The summed E-state index contributed by atoms with van der Waals surface area (Å²) >= 11 is 6.82. The summed E-state index contributed by atoms with van der Waals surface area (Å²) in [5, 5.41) is 11.8. The molecule has 0 amide bonds. The molecule has 2 aromatic rings. The molecule has 0 radical (unpaired) electrons. The van der Waals surface area contributed by atoms with E-state index >= 15 is 0 Å². The first-order chi connectivity index (χ1) is 9.58. The minimum Gasteiger partial charge on any atom is -0.475 e.